The lowest BCUT2D eigenvalue weighted by molar-refractivity contribution is -0.131. The van der Waals surface area contributed by atoms with E-state index in [-0.39, 0.29) is 11.3 Å². The van der Waals surface area contributed by atoms with E-state index in [9.17, 15) is 4.79 Å². The fourth-order valence-corrected chi connectivity index (χ4v) is 2.31. The largest absolute Gasteiger partial charge is 0.320 e. The highest BCUT2D eigenvalue weighted by atomic mass is 16.2. The minimum Gasteiger partial charge on any atom is -0.320 e. The van der Waals surface area contributed by atoms with Crippen LogP contribution in [0.15, 0.2) is 12.8 Å². The molecule has 2 heteroatoms. The molecule has 1 aliphatic rings. The first kappa shape index (κ1) is 11.3. The molecule has 0 N–H and O–H groups in total. The molecule has 0 aromatic carbocycles. The predicted octanol–water partition coefficient (Wildman–Crippen LogP) is 2.80. The van der Waals surface area contributed by atoms with Crippen molar-refractivity contribution in [2.75, 3.05) is 6.54 Å². The monoisotopic (exact) mass is 195 g/mol. The van der Waals surface area contributed by atoms with Crippen LogP contribution in [0.25, 0.3) is 0 Å². The fourth-order valence-electron chi connectivity index (χ4n) is 2.31. The Balaban J connectivity index is 2.74. The second kappa shape index (κ2) is 4.16. The summed E-state index contributed by atoms with van der Waals surface area (Å²) in [5.74, 6) is 0.914. The summed E-state index contributed by atoms with van der Waals surface area (Å²) >= 11 is 0. The molecule has 0 spiro atoms. The molecule has 14 heavy (non-hydrogen) atoms. The molecule has 1 amide bonds. The minimum absolute atomic E-state index is 0.137. The Labute approximate surface area is 87.0 Å². The molecule has 0 aliphatic carbocycles. The van der Waals surface area contributed by atoms with E-state index in [1.54, 1.807) is 11.1 Å². The molecular weight excluding hydrogens is 174 g/mol. The Morgan fingerprint density at radius 3 is 2.79 bits per heavy atom. The zero-order valence-electron chi connectivity index (χ0n) is 9.55. The molecule has 1 heterocycles. The fraction of sp³-hybridized carbons (Fsp3) is 0.750. The van der Waals surface area contributed by atoms with Crippen molar-refractivity contribution in [2.24, 2.45) is 11.3 Å². The summed E-state index contributed by atoms with van der Waals surface area (Å²) < 4.78 is 0. The number of carbonyl (C=O) groups is 1. The Bertz CT molecular complexity index is 232. The summed E-state index contributed by atoms with van der Waals surface area (Å²) in [7, 11) is 0. The van der Waals surface area contributed by atoms with Gasteiger partial charge in [-0.25, -0.2) is 0 Å². The average Bonchev–Trinajstić information content (AvgIpc) is 2.01. The van der Waals surface area contributed by atoms with Gasteiger partial charge in [-0.05, 0) is 30.4 Å². The van der Waals surface area contributed by atoms with Crippen LogP contribution in [-0.4, -0.2) is 17.4 Å². The van der Waals surface area contributed by atoms with Gasteiger partial charge in [-0.3, -0.25) is 4.79 Å². The van der Waals surface area contributed by atoms with Crippen molar-refractivity contribution in [3.63, 3.8) is 0 Å². The van der Waals surface area contributed by atoms with E-state index in [0.29, 0.717) is 12.3 Å². The maximum Gasteiger partial charge on any atom is 0.227 e. The van der Waals surface area contributed by atoms with E-state index < -0.39 is 0 Å². The summed E-state index contributed by atoms with van der Waals surface area (Å²) in [6.45, 7) is 11.1. The predicted molar refractivity (Wildman–Crippen MR) is 58.7 cm³/mol. The molecule has 80 valence electrons. The summed E-state index contributed by atoms with van der Waals surface area (Å²) in [6, 6.07) is 0. The molecule has 0 bridgehead atoms. The molecular formula is C12H21NO. The van der Waals surface area contributed by atoms with Crippen molar-refractivity contribution in [1.82, 2.24) is 4.90 Å². The van der Waals surface area contributed by atoms with Crippen molar-refractivity contribution in [1.29, 1.82) is 0 Å². The van der Waals surface area contributed by atoms with E-state index >= 15 is 0 Å². The molecule has 0 radical (unpaired) electrons. The zero-order chi connectivity index (χ0) is 10.8. The van der Waals surface area contributed by atoms with Gasteiger partial charge >= 0.3 is 0 Å². The normalized spacial score (nSPS) is 28.1. The van der Waals surface area contributed by atoms with E-state index in [0.717, 1.165) is 19.4 Å². The smallest absolute Gasteiger partial charge is 0.227 e. The summed E-state index contributed by atoms with van der Waals surface area (Å²) in [5, 5.41) is 0. The van der Waals surface area contributed by atoms with Crippen LogP contribution in [0.2, 0.25) is 0 Å². The Hall–Kier alpha value is -0.790. The van der Waals surface area contributed by atoms with Crippen LogP contribution in [0.1, 0.15) is 40.0 Å². The molecule has 1 fully saturated rings. The van der Waals surface area contributed by atoms with Crippen LogP contribution in [0, 0.1) is 11.3 Å². The number of rotatable bonds is 1. The molecule has 1 saturated heterocycles. The maximum absolute atomic E-state index is 11.8. The first-order valence-corrected chi connectivity index (χ1v) is 5.36. The van der Waals surface area contributed by atoms with Gasteiger partial charge in [0, 0.05) is 13.0 Å². The standard InChI is InChI=1S/C12H21NO/c1-5-13-7-6-10(2)8-12(3,4)9-11(13)14/h5,10H,1,6-9H2,2-4H3/t10-/m0/s1. The first-order valence-electron chi connectivity index (χ1n) is 5.36. The van der Waals surface area contributed by atoms with Crippen LogP contribution >= 0.6 is 0 Å². The van der Waals surface area contributed by atoms with Gasteiger partial charge in [0.2, 0.25) is 5.91 Å². The lowest BCUT2D eigenvalue weighted by Gasteiger charge is -2.33. The van der Waals surface area contributed by atoms with Crippen LogP contribution in [0.3, 0.4) is 0 Å². The van der Waals surface area contributed by atoms with E-state index in [1.807, 2.05) is 0 Å². The first-order chi connectivity index (χ1) is 6.44. The van der Waals surface area contributed by atoms with Gasteiger partial charge in [0.05, 0.1) is 0 Å². The third kappa shape index (κ3) is 2.86. The van der Waals surface area contributed by atoms with Gasteiger partial charge in [-0.1, -0.05) is 27.4 Å². The minimum atomic E-state index is 0.137. The topological polar surface area (TPSA) is 20.3 Å². The van der Waals surface area contributed by atoms with E-state index in [1.165, 1.54) is 0 Å². The molecule has 0 saturated carbocycles. The molecule has 1 rings (SSSR count). The maximum atomic E-state index is 11.8. The highest BCUT2D eigenvalue weighted by Gasteiger charge is 2.29. The van der Waals surface area contributed by atoms with Crippen LogP contribution < -0.4 is 0 Å². The number of nitrogens with zero attached hydrogens (tertiary/aromatic N) is 1. The van der Waals surface area contributed by atoms with Crippen molar-refractivity contribution in [2.45, 2.75) is 40.0 Å². The summed E-state index contributed by atoms with van der Waals surface area (Å²) in [4.78, 5) is 13.5. The summed E-state index contributed by atoms with van der Waals surface area (Å²) in [6.07, 6.45) is 4.53. The molecule has 1 atom stereocenters. The van der Waals surface area contributed by atoms with Crippen molar-refractivity contribution < 1.29 is 4.79 Å². The van der Waals surface area contributed by atoms with Crippen LogP contribution in [-0.2, 0) is 4.79 Å². The lowest BCUT2D eigenvalue weighted by Crippen LogP contribution is -2.35. The van der Waals surface area contributed by atoms with E-state index in [2.05, 4.69) is 27.4 Å². The average molecular weight is 195 g/mol. The second-order valence-corrected chi connectivity index (χ2v) is 5.21. The Kier molecular flexibility index (Phi) is 3.35. The van der Waals surface area contributed by atoms with Crippen molar-refractivity contribution >= 4 is 5.91 Å². The molecule has 1 aliphatic heterocycles. The molecule has 0 aromatic rings. The van der Waals surface area contributed by atoms with Crippen LogP contribution in [0.4, 0.5) is 0 Å². The SMILES string of the molecule is C=CN1CC[C@H](C)CC(C)(C)CC1=O. The highest BCUT2D eigenvalue weighted by molar-refractivity contribution is 5.77. The van der Waals surface area contributed by atoms with Crippen molar-refractivity contribution in [3.05, 3.63) is 12.8 Å². The number of carbonyl (C=O) groups excluding carboxylic acids is 1. The lowest BCUT2D eigenvalue weighted by atomic mass is 9.78. The third-order valence-electron chi connectivity index (χ3n) is 2.93. The highest BCUT2D eigenvalue weighted by Crippen LogP contribution is 2.33. The second-order valence-electron chi connectivity index (χ2n) is 5.21. The number of hydrogen-bond donors (Lipinski definition) is 0. The van der Waals surface area contributed by atoms with E-state index in [4.69, 9.17) is 0 Å². The van der Waals surface area contributed by atoms with Gasteiger partial charge < -0.3 is 4.90 Å². The van der Waals surface area contributed by atoms with Crippen molar-refractivity contribution in [3.8, 4) is 0 Å². The van der Waals surface area contributed by atoms with Gasteiger partial charge in [0.25, 0.3) is 0 Å². The third-order valence-corrected chi connectivity index (χ3v) is 2.93. The van der Waals surface area contributed by atoms with Gasteiger partial charge in [-0.15, -0.1) is 0 Å². The zero-order valence-corrected chi connectivity index (χ0v) is 9.55. The Morgan fingerprint density at radius 2 is 2.21 bits per heavy atom. The number of hydrogen-bond acceptors (Lipinski definition) is 1. The number of amides is 1. The Morgan fingerprint density at radius 1 is 1.57 bits per heavy atom. The number of likely N-dealkylation sites (tertiary alicyclic amines) is 1. The quantitative estimate of drug-likeness (QED) is 0.630. The molecule has 2 nitrogen and oxygen atoms in total. The van der Waals surface area contributed by atoms with Gasteiger partial charge in [-0.2, -0.15) is 0 Å². The summed E-state index contributed by atoms with van der Waals surface area (Å²) in [5.41, 5.74) is 0.137. The molecule has 0 aromatic heterocycles. The van der Waals surface area contributed by atoms with Crippen LogP contribution in [0.5, 0.6) is 0 Å². The van der Waals surface area contributed by atoms with Gasteiger partial charge in [0.15, 0.2) is 0 Å². The van der Waals surface area contributed by atoms with Gasteiger partial charge in [0.1, 0.15) is 0 Å². The molecule has 0 unspecified atom stereocenters.